The van der Waals surface area contributed by atoms with Crippen molar-refractivity contribution in [3.8, 4) is 11.5 Å². The van der Waals surface area contributed by atoms with Gasteiger partial charge in [-0.05, 0) is 31.4 Å². The van der Waals surface area contributed by atoms with Crippen molar-refractivity contribution in [2.24, 2.45) is 0 Å². The Morgan fingerprint density at radius 3 is 2.70 bits per heavy atom. The van der Waals surface area contributed by atoms with Gasteiger partial charge in [-0.2, -0.15) is 0 Å². The number of aryl methyl sites for hydroxylation is 1. The number of thioether (sulfide) groups is 1. The maximum atomic E-state index is 13.1. The van der Waals surface area contributed by atoms with Crippen molar-refractivity contribution in [1.29, 1.82) is 0 Å². The van der Waals surface area contributed by atoms with Crippen LogP contribution in [0.4, 0.5) is 4.79 Å². The molecular weight excluding hydrogens is 444 g/mol. The van der Waals surface area contributed by atoms with Crippen LogP contribution >= 0.6 is 11.8 Å². The second kappa shape index (κ2) is 8.78. The molecule has 1 fully saturated rings. The van der Waals surface area contributed by atoms with Gasteiger partial charge in [-0.25, -0.2) is 9.59 Å². The van der Waals surface area contributed by atoms with E-state index in [1.807, 2.05) is 37.3 Å². The molecule has 1 N–H and O–H groups in total. The van der Waals surface area contributed by atoms with Crippen LogP contribution in [0.2, 0.25) is 0 Å². The SMILES string of the molecule is COC(=O)C1=C(CSc2nnc(-c3ccoc3C)o2)N(C2CC2)C(=O)N[C@H]1c1ccccc1. The van der Waals surface area contributed by atoms with Crippen LogP contribution in [0, 0.1) is 6.92 Å². The molecule has 2 aliphatic rings. The van der Waals surface area contributed by atoms with Crippen LogP contribution in [0.15, 0.2) is 68.0 Å². The summed E-state index contributed by atoms with van der Waals surface area (Å²) in [6.45, 7) is 1.82. The molecule has 0 unspecified atom stereocenters. The summed E-state index contributed by atoms with van der Waals surface area (Å²) in [5, 5.41) is 11.5. The van der Waals surface area contributed by atoms with Gasteiger partial charge in [0.25, 0.3) is 11.1 Å². The van der Waals surface area contributed by atoms with E-state index < -0.39 is 12.0 Å². The topological polar surface area (TPSA) is 111 Å². The van der Waals surface area contributed by atoms with Crippen LogP contribution in [0.5, 0.6) is 0 Å². The van der Waals surface area contributed by atoms with Crippen LogP contribution in [0.25, 0.3) is 11.5 Å². The van der Waals surface area contributed by atoms with E-state index in [1.54, 1.807) is 17.2 Å². The number of hydrogen-bond acceptors (Lipinski definition) is 8. The Kier molecular flexibility index (Phi) is 5.67. The van der Waals surface area contributed by atoms with Gasteiger partial charge in [0.2, 0.25) is 0 Å². The first-order chi connectivity index (χ1) is 16.1. The Balaban J connectivity index is 1.50. The highest BCUT2D eigenvalue weighted by atomic mass is 32.2. The van der Waals surface area contributed by atoms with Crippen molar-refractivity contribution in [3.05, 3.63) is 65.3 Å². The molecule has 2 amide bonds. The molecule has 9 nitrogen and oxygen atoms in total. The van der Waals surface area contributed by atoms with Crippen molar-refractivity contribution in [2.75, 3.05) is 12.9 Å². The van der Waals surface area contributed by atoms with Crippen LogP contribution in [-0.2, 0) is 9.53 Å². The van der Waals surface area contributed by atoms with Crippen molar-refractivity contribution in [3.63, 3.8) is 0 Å². The number of furan rings is 1. The molecule has 0 radical (unpaired) electrons. The highest BCUT2D eigenvalue weighted by molar-refractivity contribution is 7.99. The number of hydrogen-bond donors (Lipinski definition) is 1. The van der Waals surface area contributed by atoms with E-state index in [4.69, 9.17) is 13.6 Å². The van der Waals surface area contributed by atoms with E-state index in [-0.39, 0.29) is 12.1 Å². The van der Waals surface area contributed by atoms with Crippen molar-refractivity contribution in [1.82, 2.24) is 20.4 Å². The zero-order valence-corrected chi connectivity index (χ0v) is 18.9. The van der Waals surface area contributed by atoms with Gasteiger partial charge in [0.15, 0.2) is 0 Å². The molecule has 1 aromatic carbocycles. The number of urea groups is 1. The summed E-state index contributed by atoms with van der Waals surface area (Å²) in [5.74, 6) is 0.850. The van der Waals surface area contributed by atoms with Gasteiger partial charge in [-0.1, -0.05) is 42.1 Å². The molecule has 0 saturated heterocycles. The number of nitrogens with one attached hydrogen (secondary N) is 1. The number of ether oxygens (including phenoxy) is 1. The first-order valence-corrected chi connectivity index (χ1v) is 11.5. The Hall–Kier alpha value is -3.53. The molecule has 0 spiro atoms. The molecule has 2 aromatic heterocycles. The van der Waals surface area contributed by atoms with Crippen LogP contribution in [0.3, 0.4) is 0 Å². The Morgan fingerprint density at radius 2 is 2.03 bits per heavy atom. The summed E-state index contributed by atoms with van der Waals surface area (Å²) in [5.41, 5.74) is 2.55. The monoisotopic (exact) mass is 466 g/mol. The summed E-state index contributed by atoms with van der Waals surface area (Å²) in [7, 11) is 1.34. The fourth-order valence-electron chi connectivity index (χ4n) is 3.91. The molecule has 10 heteroatoms. The average Bonchev–Trinajstić information content (AvgIpc) is 3.40. The summed E-state index contributed by atoms with van der Waals surface area (Å²) in [4.78, 5) is 27.7. The average molecular weight is 467 g/mol. The third-order valence-corrected chi connectivity index (χ3v) is 6.48. The van der Waals surface area contributed by atoms with Gasteiger partial charge in [-0.3, -0.25) is 4.90 Å². The van der Waals surface area contributed by atoms with Crippen molar-refractivity contribution < 1.29 is 23.2 Å². The van der Waals surface area contributed by atoms with Gasteiger partial charge in [0.05, 0.1) is 30.6 Å². The molecule has 0 bridgehead atoms. The number of esters is 1. The first-order valence-electron chi connectivity index (χ1n) is 10.5. The van der Waals surface area contributed by atoms with E-state index in [0.29, 0.717) is 33.9 Å². The third kappa shape index (κ3) is 4.13. The molecule has 33 heavy (non-hydrogen) atoms. The molecule has 1 atom stereocenters. The van der Waals surface area contributed by atoms with Gasteiger partial charge in [0, 0.05) is 17.5 Å². The molecular formula is C23H22N4O5S. The third-order valence-electron chi connectivity index (χ3n) is 5.66. The number of amides is 2. The molecule has 1 aliphatic heterocycles. The van der Waals surface area contributed by atoms with E-state index in [2.05, 4.69) is 15.5 Å². The largest absolute Gasteiger partial charge is 0.469 e. The number of carbonyl (C=O) groups excluding carboxylic acids is 2. The number of aromatic nitrogens is 2. The van der Waals surface area contributed by atoms with Crippen LogP contribution in [-0.4, -0.2) is 46.0 Å². The lowest BCUT2D eigenvalue weighted by atomic mass is 9.95. The predicted octanol–water partition coefficient (Wildman–Crippen LogP) is 4.09. The second-order valence-electron chi connectivity index (χ2n) is 7.80. The minimum absolute atomic E-state index is 0.0591. The summed E-state index contributed by atoms with van der Waals surface area (Å²) in [6, 6.07) is 10.4. The second-order valence-corrected chi connectivity index (χ2v) is 8.73. The highest BCUT2D eigenvalue weighted by Crippen LogP contribution is 2.40. The Labute approximate surface area is 194 Å². The standard InChI is InChI=1S/C23H22N4O5S/c1-13-16(10-11-31-13)20-25-26-23(32-20)33-12-17-18(21(28)30-2)19(14-6-4-3-5-7-14)24-22(29)27(17)15-8-9-15/h3-7,10-11,15,19H,8-9,12H2,1-2H3,(H,24,29)/t19-/m0/s1. The lowest BCUT2D eigenvalue weighted by Gasteiger charge is -2.36. The lowest BCUT2D eigenvalue weighted by Crippen LogP contribution is -2.50. The van der Waals surface area contributed by atoms with E-state index in [0.717, 1.165) is 24.0 Å². The lowest BCUT2D eigenvalue weighted by molar-refractivity contribution is -0.136. The quantitative estimate of drug-likeness (QED) is 0.410. The number of carbonyl (C=O) groups is 2. The summed E-state index contributed by atoms with van der Waals surface area (Å²) >= 11 is 1.27. The minimum Gasteiger partial charge on any atom is -0.469 e. The fourth-order valence-corrected chi connectivity index (χ4v) is 4.70. The van der Waals surface area contributed by atoms with Gasteiger partial charge in [0.1, 0.15) is 5.76 Å². The molecule has 170 valence electrons. The normalized spacial score (nSPS) is 18.4. The maximum Gasteiger partial charge on any atom is 0.338 e. The number of rotatable bonds is 7. The zero-order chi connectivity index (χ0) is 22.9. The van der Waals surface area contributed by atoms with Crippen molar-refractivity contribution in [2.45, 2.75) is 37.1 Å². The number of methoxy groups -OCH3 is 1. The Bertz CT molecular complexity index is 1210. The molecule has 1 saturated carbocycles. The fraction of sp³-hybridized carbons (Fsp3) is 0.304. The number of benzene rings is 1. The van der Waals surface area contributed by atoms with Crippen LogP contribution < -0.4 is 5.32 Å². The van der Waals surface area contributed by atoms with E-state index >= 15 is 0 Å². The van der Waals surface area contributed by atoms with E-state index in [9.17, 15) is 9.59 Å². The predicted molar refractivity (Wildman–Crippen MR) is 119 cm³/mol. The Morgan fingerprint density at radius 1 is 1.24 bits per heavy atom. The first kappa shape index (κ1) is 21.3. The summed E-state index contributed by atoms with van der Waals surface area (Å²) in [6.07, 6.45) is 3.33. The van der Waals surface area contributed by atoms with Crippen molar-refractivity contribution >= 4 is 23.8 Å². The molecule has 5 rings (SSSR count). The smallest absolute Gasteiger partial charge is 0.338 e. The molecule has 1 aliphatic carbocycles. The van der Waals surface area contributed by atoms with E-state index in [1.165, 1.54) is 18.9 Å². The van der Waals surface area contributed by atoms with Crippen LogP contribution in [0.1, 0.15) is 30.2 Å². The molecule has 3 heterocycles. The maximum absolute atomic E-state index is 13.1. The highest BCUT2D eigenvalue weighted by Gasteiger charge is 2.44. The van der Waals surface area contributed by atoms with Gasteiger partial charge >= 0.3 is 12.0 Å². The molecule has 3 aromatic rings. The minimum atomic E-state index is -0.608. The number of nitrogens with zero attached hydrogens (tertiary/aromatic N) is 3. The van der Waals surface area contributed by atoms with Gasteiger partial charge < -0.3 is 18.9 Å². The zero-order valence-electron chi connectivity index (χ0n) is 18.1. The van der Waals surface area contributed by atoms with Gasteiger partial charge in [-0.15, -0.1) is 10.2 Å². The summed E-state index contributed by atoms with van der Waals surface area (Å²) < 4.78 is 16.2.